The zero-order valence-corrected chi connectivity index (χ0v) is 16.4. The van der Waals surface area contributed by atoms with Crippen LogP contribution < -0.4 is 5.32 Å². The lowest BCUT2D eigenvalue weighted by Crippen LogP contribution is -2.14. The Labute approximate surface area is 162 Å². The second kappa shape index (κ2) is 8.18. The Hall–Kier alpha value is -2.92. The number of hydrogen-bond acceptors (Lipinski definition) is 4. The molecule has 0 saturated heterocycles. The summed E-state index contributed by atoms with van der Waals surface area (Å²) in [7, 11) is 0. The summed E-state index contributed by atoms with van der Waals surface area (Å²) < 4.78 is 5.26. The highest BCUT2D eigenvalue weighted by Crippen LogP contribution is 2.38. The monoisotopic (exact) mass is 379 g/mol. The SMILES string of the molecule is CCOC(=O)c1c(-c2ccc(C)cc2C)csc1NC(=O)c1ccccc1. The van der Waals surface area contributed by atoms with Crippen LogP contribution in [0.15, 0.2) is 53.9 Å². The molecule has 0 saturated carbocycles. The van der Waals surface area contributed by atoms with Crippen LogP contribution in [0.2, 0.25) is 0 Å². The number of esters is 1. The van der Waals surface area contributed by atoms with Crippen LogP contribution in [0.5, 0.6) is 0 Å². The summed E-state index contributed by atoms with van der Waals surface area (Å²) >= 11 is 1.33. The molecule has 1 amide bonds. The van der Waals surface area contributed by atoms with Gasteiger partial charge in [-0.15, -0.1) is 11.3 Å². The molecule has 3 aromatic rings. The van der Waals surface area contributed by atoms with Gasteiger partial charge >= 0.3 is 5.97 Å². The van der Waals surface area contributed by atoms with E-state index in [1.807, 2.05) is 37.4 Å². The van der Waals surface area contributed by atoms with E-state index < -0.39 is 5.97 Å². The zero-order chi connectivity index (χ0) is 19.4. The largest absolute Gasteiger partial charge is 0.462 e. The van der Waals surface area contributed by atoms with Gasteiger partial charge in [-0.2, -0.15) is 0 Å². The standard InChI is InChI=1S/C22H21NO3S/c1-4-26-22(25)19-18(17-11-10-14(2)12-15(17)3)13-27-21(19)23-20(24)16-8-6-5-7-9-16/h5-13H,4H2,1-3H3,(H,23,24). The number of aryl methyl sites for hydroxylation is 2. The number of carbonyl (C=O) groups excluding carboxylic acids is 2. The minimum absolute atomic E-state index is 0.254. The van der Waals surface area contributed by atoms with E-state index in [1.165, 1.54) is 11.3 Å². The molecule has 0 fully saturated rings. The average Bonchev–Trinajstić information content (AvgIpc) is 3.06. The maximum Gasteiger partial charge on any atom is 0.341 e. The minimum atomic E-state index is -0.433. The molecule has 0 aliphatic heterocycles. The van der Waals surface area contributed by atoms with E-state index in [0.717, 1.165) is 22.3 Å². The molecule has 1 N–H and O–H groups in total. The minimum Gasteiger partial charge on any atom is -0.462 e. The Balaban J connectivity index is 2.03. The number of amides is 1. The van der Waals surface area contributed by atoms with Gasteiger partial charge < -0.3 is 10.1 Å². The van der Waals surface area contributed by atoms with Gasteiger partial charge in [0, 0.05) is 16.5 Å². The molecule has 138 valence electrons. The van der Waals surface area contributed by atoms with Crippen molar-refractivity contribution in [2.75, 3.05) is 11.9 Å². The van der Waals surface area contributed by atoms with Gasteiger partial charge in [0.1, 0.15) is 10.6 Å². The van der Waals surface area contributed by atoms with Crippen molar-refractivity contribution in [1.29, 1.82) is 0 Å². The third kappa shape index (κ3) is 4.09. The fourth-order valence-electron chi connectivity index (χ4n) is 2.93. The lowest BCUT2D eigenvalue weighted by atomic mass is 9.97. The molecule has 0 spiro atoms. The van der Waals surface area contributed by atoms with Crippen LogP contribution in [0.4, 0.5) is 5.00 Å². The number of anilines is 1. The summed E-state index contributed by atoms with van der Waals surface area (Å²) in [6.07, 6.45) is 0. The highest BCUT2D eigenvalue weighted by Gasteiger charge is 2.23. The smallest absolute Gasteiger partial charge is 0.341 e. The van der Waals surface area contributed by atoms with Gasteiger partial charge in [0.05, 0.1) is 6.61 Å². The average molecular weight is 379 g/mol. The second-order valence-electron chi connectivity index (χ2n) is 6.21. The van der Waals surface area contributed by atoms with Crippen molar-refractivity contribution in [2.24, 2.45) is 0 Å². The molecule has 0 aliphatic rings. The number of hydrogen-bond donors (Lipinski definition) is 1. The number of rotatable bonds is 5. The van der Waals surface area contributed by atoms with E-state index in [-0.39, 0.29) is 12.5 Å². The Kier molecular flexibility index (Phi) is 5.72. The quantitative estimate of drug-likeness (QED) is 0.599. The summed E-state index contributed by atoms with van der Waals surface area (Å²) in [4.78, 5) is 25.2. The summed E-state index contributed by atoms with van der Waals surface area (Å²) in [5.74, 6) is -0.688. The van der Waals surface area contributed by atoms with Crippen LogP contribution in [0.1, 0.15) is 38.8 Å². The molecule has 0 atom stereocenters. The Bertz CT molecular complexity index is 976. The van der Waals surface area contributed by atoms with Crippen LogP contribution in [-0.2, 0) is 4.74 Å². The molecule has 0 radical (unpaired) electrons. The van der Waals surface area contributed by atoms with Crippen molar-refractivity contribution >= 4 is 28.2 Å². The molecule has 0 aliphatic carbocycles. The Morgan fingerprint density at radius 3 is 2.44 bits per heavy atom. The lowest BCUT2D eigenvalue weighted by Gasteiger charge is -2.11. The van der Waals surface area contributed by atoms with Crippen LogP contribution in [0.25, 0.3) is 11.1 Å². The van der Waals surface area contributed by atoms with Gasteiger partial charge in [0.25, 0.3) is 5.91 Å². The first-order chi connectivity index (χ1) is 13.0. The molecular formula is C22H21NO3S. The molecule has 3 rings (SSSR count). The lowest BCUT2D eigenvalue weighted by molar-refractivity contribution is 0.0529. The maximum absolute atomic E-state index is 12.7. The predicted molar refractivity (Wildman–Crippen MR) is 110 cm³/mol. The highest BCUT2D eigenvalue weighted by molar-refractivity contribution is 7.15. The van der Waals surface area contributed by atoms with Gasteiger partial charge in [-0.1, -0.05) is 42.0 Å². The van der Waals surface area contributed by atoms with Crippen LogP contribution >= 0.6 is 11.3 Å². The topological polar surface area (TPSA) is 55.4 Å². The van der Waals surface area contributed by atoms with Crippen LogP contribution in [0, 0.1) is 13.8 Å². The molecule has 2 aromatic carbocycles. The normalized spacial score (nSPS) is 10.5. The number of carbonyl (C=O) groups is 2. The third-order valence-electron chi connectivity index (χ3n) is 4.21. The highest BCUT2D eigenvalue weighted by atomic mass is 32.1. The van der Waals surface area contributed by atoms with Gasteiger partial charge in [0.15, 0.2) is 0 Å². The summed E-state index contributed by atoms with van der Waals surface area (Å²) in [5, 5.41) is 5.26. The van der Waals surface area contributed by atoms with E-state index in [2.05, 4.69) is 11.4 Å². The van der Waals surface area contributed by atoms with Crippen molar-refractivity contribution < 1.29 is 14.3 Å². The summed E-state index contributed by atoms with van der Waals surface area (Å²) in [6, 6.07) is 15.0. The molecular weight excluding hydrogens is 358 g/mol. The fraction of sp³-hybridized carbons (Fsp3) is 0.182. The fourth-order valence-corrected chi connectivity index (χ4v) is 3.88. The molecule has 0 unspecified atom stereocenters. The first-order valence-electron chi connectivity index (χ1n) is 8.74. The van der Waals surface area contributed by atoms with Gasteiger partial charge in [-0.05, 0) is 44.0 Å². The van der Waals surface area contributed by atoms with Gasteiger partial charge in [-0.3, -0.25) is 4.79 Å². The van der Waals surface area contributed by atoms with Crippen molar-refractivity contribution in [3.05, 3.63) is 76.2 Å². The molecule has 0 bridgehead atoms. The Morgan fingerprint density at radius 1 is 1.04 bits per heavy atom. The number of nitrogens with one attached hydrogen (secondary N) is 1. The second-order valence-corrected chi connectivity index (χ2v) is 7.09. The molecule has 5 heteroatoms. The van der Waals surface area contributed by atoms with E-state index in [0.29, 0.717) is 16.1 Å². The van der Waals surface area contributed by atoms with Crippen LogP contribution in [0.3, 0.4) is 0 Å². The van der Waals surface area contributed by atoms with E-state index in [1.54, 1.807) is 31.2 Å². The van der Waals surface area contributed by atoms with E-state index in [9.17, 15) is 9.59 Å². The maximum atomic E-state index is 12.7. The third-order valence-corrected chi connectivity index (χ3v) is 5.10. The first-order valence-corrected chi connectivity index (χ1v) is 9.62. The Morgan fingerprint density at radius 2 is 1.78 bits per heavy atom. The first kappa shape index (κ1) is 18.9. The van der Waals surface area contributed by atoms with Crippen LogP contribution in [-0.4, -0.2) is 18.5 Å². The van der Waals surface area contributed by atoms with Gasteiger partial charge in [0.2, 0.25) is 0 Å². The van der Waals surface area contributed by atoms with Crippen molar-refractivity contribution in [3.63, 3.8) is 0 Å². The van der Waals surface area contributed by atoms with E-state index >= 15 is 0 Å². The van der Waals surface area contributed by atoms with Gasteiger partial charge in [-0.25, -0.2) is 4.79 Å². The predicted octanol–water partition coefficient (Wildman–Crippen LogP) is 5.46. The summed E-state index contributed by atoms with van der Waals surface area (Å²) in [6.45, 7) is 6.08. The van der Waals surface area contributed by atoms with Crippen molar-refractivity contribution in [1.82, 2.24) is 0 Å². The molecule has 27 heavy (non-hydrogen) atoms. The molecule has 4 nitrogen and oxygen atoms in total. The number of ether oxygens (including phenoxy) is 1. The van der Waals surface area contributed by atoms with E-state index in [4.69, 9.17) is 4.74 Å². The van der Waals surface area contributed by atoms with Crippen molar-refractivity contribution in [3.8, 4) is 11.1 Å². The number of benzene rings is 2. The zero-order valence-electron chi connectivity index (χ0n) is 15.5. The summed E-state index contributed by atoms with van der Waals surface area (Å²) in [5.41, 5.74) is 4.90. The molecule has 1 heterocycles. The van der Waals surface area contributed by atoms with Crippen molar-refractivity contribution in [2.45, 2.75) is 20.8 Å². The number of thiophene rings is 1. The molecule has 1 aromatic heterocycles.